The van der Waals surface area contributed by atoms with Crippen molar-refractivity contribution in [3.63, 3.8) is 0 Å². The first-order valence-corrected chi connectivity index (χ1v) is 9.56. The summed E-state index contributed by atoms with van der Waals surface area (Å²) in [5.74, 6) is -0.253. The number of carbonyl (C=O) groups is 1. The minimum Gasteiger partial charge on any atom is -0.287 e. The summed E-state index contributed by atoms with van der Waals surface area (Å²) in [5.41, 5.74) is 2.43. The fourth-order valence-electron chi connectivity index (χ4n) is 2.80. The van der Waals surface area contributed by atoms with Gasteiger partial charge in [0.25, 0.3) is 5.56 Å². The lowest BCUT2D eigenvalue weighted by molar-refractivity contribution is 0.103. The van der Waals surface area contributed by atoms with Gasteiger partial charge in [0.2, 0.25) is 5.78 Å². The fourth-order valence-corrected chi connectivity index (χ4v) is 4.12. The Balaban J connectivity index is 1.87. The molecule has 7 heteroatoms. The minimum atomic E-state index is -0.349. The Bertz CT molecular complexity index is 1270. The van der Waals surface area contributed by atoms with Crippen LogP contribution in [0.5, 0.6) is 0 Å². The van der Waals surface area contributed by atoms with Crippen LogP contribution in [0.3, 0.4) is 0 Å². The van der Waals surface area contributed by atoms with E-state index in [2.05, 4.69) is 32.2 Å². The molecule has 2 aromatic heterocycles. The number of hydrogen-bond acceptors (Lipinski definition) is 5. The average Bonchev–Trinajstić information content (AvgIpc) is 3.14. The third kappa shape index (κ3) is 3.10. The first kappa shape index (κ1) is 17.3. The molecular formula is C20H10BrN3O2S. The van der Waals surface area contributed by atoms with Crippen LogP contribution in [-0.4, -0.2) is 16.0 Å². The van der Waals surface area contributed by atoms with Crippen molar-refractivity contribution in [3.8, 4) is 17.2 Å². The van der Waals surface area contributed by atoms with Crippen molar-refractivity contribution in [2.24, 2.45) is 0 Å². The minimum absolute atomic E-state index is 0.219. The van der Waals surface area contributed by atoms with E-state index in [0.717, 1.165) is 10.0 Å². The van der Waals surface area contributed by atoms with E-state index in [1.165, 1.54) is 11.3 Å². The maximum absolute atomic E-state index is 12.9. The second kappa shape index (κ2) is 6.91. The van der Waals surface area contributed by atoms with Gasteiger partial charge in [-0.2, -0.15) is 10.4 Å². The molecule has 0 unspecified atom stereocenters. The molecule has 0 amide bonds. The summed E-state index contributed by atoms with van der Waals surface area (Å²) < 4.78 is 1.42. The predicted molar refractivity (Wildman–Crippen MR) is 108 cm³/mol. The van der Waals surface area contributed by atoms with Crippen molar-refractivity contribution in [2.45, 2.75) is 0 Å². The first-order valence-electron chi connectivity index (χ1n) is 7.89. The number of carbonyl (C=O) groups excluding carboxylic acids is 1. The molecule has 4 rings (SSSR count). The summed E-state index contributed by atoms with van der Waals surface area (Å²) in [6, 6.07) is 16.0. The highest BCUT2D eigenvalue weighted by Crippen LogP contribution is 2.33. The number of aromatic amines is 1. The molecule has 0 radical (unpaired) electrons. The van der Waals surface area contributed by atoms with Gasteiger partial charge in [-0.25, -0.2) is 5.10 Å². The highest BCUT2D eigenvalue weighted by atomic mass is 79.9. The average molecular weight is 436 g/mol. The Morgan fingerprint density at radius 2 is 1.81 bits per heavy atom. The van der Waals surface area contributed by atoms with Crippen LogP contribution >= 0.6 is 27.3 Å². The van der Waals surface area contributed by atoms with Crippen molar-refractivity contribution in [2.75, 3.05) is 0 Å². The van der Waals surface area contributed by atoms with E-state index in [0.29, 0.717) is 26.8 Å². The summed E-state index contributed by atoms with van der Waals surface area (Å²) in [5, 5.41) is 17.7. The Kier molecular flexibility index (Phi) is 4.44. The zero-order chi connectivity index (χ0) is 19.0. The maximum Gasteiger partial charge on any atom is 0.273 e. The molecule has 0 bridgehead atoms. The smallest absolute Gasteiger partial charge is 0.273 e. The Morgan fingerprint density at radius 3 is 2.48 bits per heavy atom. The van der Waals surface area contributed by atoms with E-state index in [4.69, 9.17) is 5.26 Å². The molecule has 27 heavy (non-hydrogen) atoms. The van der Waals surface area contributed by atoms with Gasteiger partial charge >= 0.3 is 0 Å². The SMILES string of the molecule is N#Cc1ccc(-c2csc3c(C(=O)c4ccc(Br)cc4)n[nH]c(=O)c23)cc1. The van der Waals surface area contributed by atoms with E-state index in [9.17, 15) is 9.59 Å². The van der Waals surface area contributed by atoms with Crippen molar-refractivity contribution in [3.05, 3.63) is 85.6 Å². The second-order valence-electron chi connectivity index (χ2n) is 5.78. The lowest BCUT2D eigenvalue weighted by Gasteiger charge is -2.03. The molecule has 2 heterocycles. The van der Waals surface area contributed by atoms with Crippen molar-refractivity contribution in [1.29, 1.82) is 5.26 Å². The summed E-state index contributed by atoms with van der Waals surface area (Å²) in [4.78, 5) is 25.3. The highest BCUT2D eigenvalue weighted by Gasteiger charge is 2.20. The number of nitriles is 1. The van der Waals surface area contributed by atoms with E-state index in [1.807, 2.05) is 5.38 Å². The highest BCUT2D eigenvalue weighted by molar-refractivity contribution is 9.10. The zero-order valence-electron chi connectivity index (χ0n) is 13.7. The Morgan fingerprint density at radius 1 is 1.11 bits per heavy atom. The van der Waals surface area contributed by atoms with Crippen LogP contribution in [0, 0.1) is 11.3 Å². The molecule has 2 aromatic carbocycles. The van der Waals surface area contributed by atoms with Gasteiger partial charge in [-0.05, 0) is 42.0 Å². The molecule has 0 atom stereocenters. The number of thiophene rings is 1. The molecule has 130 valence electrons. The number of rotatable bonds is 3. The number of hydrogen-bond donors (Lipinski definition) is 1. The number of nitrogens with zero attached hydrogens (tertiary/aromatic N) is 2. The zero-order valence-corrected chi connectivity index (χ0v) is 16.1. The maximum atomic E-state index is 12.9. The summed E-state index contributed by atoms with van der Waals surface area (Å²) >= 11 is 4.66. The number of H-pyrrole nitrogens is 1. The predicted octanol–water partition coefficient (Wildman–Crippen LogP) is 4.52. The third-order valence-corrected chi connectivity index (χ3v) is 5.66. The summed E-state index contributed by atoms with van der Waals surface area (Å²) in [7, 11) is 0. The number of aromatic nitrogens is 2. The summed E-state index contributed by atoms with van der Waals surface area (Å²) in [6.07, 6.45) is 0. The van der Waals surface area contributed by atoms with Crippen LogP contribution in [0.25, 0.3) is 21.2 Å². The molecule has 0 aliphatic carbocycles. The van der Waals surface area contributed by atoms with Gasteiger partial charge in [0.05, 0.1) is 21.7 Å². The van der Waals surface area contributed by atoms with Gasteiger partial charge in [0, 0.05) is 21.0 Å². The third-order valence-electron chi connectivity index (χ3n) is 4.15. The van der Waals surface area contributed by atoms with Gasteiger partial charge in [0.15, 0.2) is 0 Å². The van der Waals surface area contributed by atoms with E-state index < -0.39 is 0 Å². The van der Waals surface area contributed by atoms with E-state index in [1.54, 1.807) is 48.5 Å². The van der Waals surface area contributed by atoms with Crippen LogP contribution in [-0.2, 0) is 0 Å². The summed E-state index contributed by atoms with van der Waals surface area (Å²) in [6.45, 7) is 0. The van der Waals surface area contributed by atoms with Crippen LogP contribution in [0.15, 0.2) is 63.2 Å². The molecule has 4 aromatic rings. The fraction of sp³-hybridized carbons (Fsp3) is 0. The molecule has 0 spiro atoms. The van der Waals surface area contributed by atoms with Crippen LogP contribution in [0.4, 0.5) is 0 Å². The van der Waals surface area contributed by atoms with Crippen molar-refractivity contribution >= 4 is 43.1 Å². The number of nitrogens with one attached hydrogen (secondary N) is 1. The largest absolute Gasteiger partial charge is 0.287 e. The Labute approximate surface area is 166 Å². The molecule has 1 N–H and O–H groups in total. The lowest BCUT2D eigenvalue weighted by Crippen LogP contribution is -2.14. The van der Waals surface area contributed by atoms with Gasteiger partial charge in [0.1, 0.15) is 5.69 Å². The normalized spacial score (nSPS) is 10.7. The molecule has 0 aliphatic heterocycles. The van der Waals surface area contributed by atoms with Crippen molar-refractivity contribution < 1.29 is 4.79 Å². The van der Waals surface area contributed by atoms with Crippen molar-refractivity contribution in [1.82, 2.24) is 10.2 Å². The molecule has 5 nitrogen and oxygen atoms in total. The quantitative estimate of drug-likeness (QED) is 0.479. The van der Waals surface area contributed by atoms with Gasteiger partial charge in [-0.3, -0.25) is 9.59 Å². The van der Waals surface area contributed by atoms with E-state index in [-0.39, 0.29) is 17.0 Å². The second-order valence-corrected chi connectivity index (χ2v) is 7.58. The molecule has 0 aliphatic rings. The lowest BCUT2D eigenvalue weighted by atomic mass is 10.0. The standard InChI is InChI=1S/C20H10BrN3O2S/c21-14-7-5-13(6-8-14)18(25)17-19-16(20(26)24-23-17)15(10-27-19)12-3-1-11(9-22)2-4-12/h1-8,10H,(H,24,26). The number of ketones is 1. The van der Waals surface area contributed by atoms with Crippen LogP contribution in [0.1, 0.15) is 21.6 Å². The topological polar surface area (TPSA) is 86.6 Å². The van der Waals surface area contributed by atoms with E-state index >= 15 is 0 Å². The van der Waals surface area contributed by atoms with Crippen LogP contribution < -0.4 is 5.56 Å². The molecular weight excluding hydrogens is 426 g/mol. The van der Waals surface area contributed by atoms with Gasteiger partial charge in [-0.15, -0.1) is 11.3 Å². The van der Waals surface area contributed by atoms with Gasteiger partial charge < -0.3 is 0 Å². The first-order chi connectivity index (χ1) is 13.1. The van der Waals surface area contributed by atoms with Crippen LogP contribution in [0.2, 0.25) is 0 Å². The Hall–Kier alpha value is -3.08. The monoisotopic (exact) mass is 435 g/mol. The number of halogens is 1. The van der Waals surface area contributed by atoms with Gasteiger partial charge in [-0.1, -0.05) is 28.1 Å². The molecule has 0 saturated heterocycles. The number of fused-ring (bicyclic) bond motifs is 1. The molecule has 0 saturated carbocycles. The molecule has 0 fully saturated rings. The number of benzene rings is 2.